The molecule has 152 valence electrons. The molecule has 4 rings (SSSR count). The van der Waals surface area contributed by atoms with Gasteiger partial charge >= 0.3 is 0 Å². The first-order valence-corrected chi connectivity index (χ1v) is 10.2. The van der Waals surface area contributed by atoms with E-state index >= 15 is 0 Å². The van der Waals surface area contributed by atoms with Gasteiger partial charge in [0.25, 0.3) is 5.91 Å². The zero-order valence-electron chi connectivity index (χ0n) is 16.6. The second-order valence-electron chi connectivity index (χ2n) is 7.34. The Bertz CT molecular complexity index is 1130. The van der Waals surface area contributed by atoms with Crippen LogP contribution in [0.5, 0.6) is 5.75 Å². The fourth-order valence-electron chi connectivity index (χ4n) is 3.34. The first-order chi connectivity index (χ1) is 14.6. The molecule has 7 heteroatoms. The molecule has 0 atom stereocenters. The maximum absolute atomic E-state index is 12.9. The van der Waals surface area contributed by atoms with Crippen molar-refractivity contribution in [1.82, 2.24) is 15.1 Å². The van der Waals surface area contributed by atoms with E-state index in [2.05, 4.69) is 10.4 Å². The van der Waals surface area contributed by atoms with E-state index in [-0.39, 0.29) is 12.5 Å². The Morgan fingerprint density at radius 2 is 2.17 bits per heavy atom. The van der Waals surface area contributed by atoms with Crippen LogP contribution >= 0.6 is 11.6 Å². The predicted molar refractivity (Wildman–Crippen MR) is 114 cm³/mol. The molecule has 1 N–H and O–H groups in total. The summed E-state index contributed by atoms with van der Waals surface area (Å²) >= 11 is 6.29. The van der Waals surface area contributed by atoms with E-state index in [0.29, 0.717) is 28.8 Å². The van der Waals surface area contributed by atoms with Gasteiger partial charge in [-0.15, -0.1) is 0 Å². The number of halogens is 1. The van der Waals surface area contributed by atoms with Crippen LogP contribution in [0.1, 0.15) is 45.9 Å². The van der Waals surface area contributed by atoms with Gasteiger partial charge in [0.05, 0.1) is 23.1 Å². The van der Waals surface area contributed by atoms with E-state index in [1.165, 1.54) is 0 Å². The lowest BCUT2D eigenvalue weighted by molar-refractivity contribution is 0.0950. The first kappa shape index (κ1) is 20.0. The molecule has 1 aromatic heterocycles. The van der Waals surface area contributed by atoms with Gasteiger partial charge in [-0.2, -0.15) is 10.4 Å². The van der Waals surface area contributed by atoms with Crippen molar-refractivity contribution in [2.45, 2.75) is 32.2 Å². The molecular formula is C23H21ClN4O2. The maximum atomic E-state index is 12.9. The Hall–Kier alpha value is -3.30. The number of nitrogens with one attached hydrogen (secondary N) is 1. The standard InChI is InChI=1S/C23H21ClN4O2/c1-15-5-8-18(12-21(15)24)28-22(17-6-7-17)20(14-27-28)23(29)26-13-16-3-2-4-19(11-16)30-10-9-25/h2-5,8,11-12,14,17H,6-7,10,13H2,1H3,(H,26,29). The van der Waals surface area contributed by atoms with E-state index in [1.54, 1.807) is 12.3 Å². The number of carbonyl (C=O) groups excluding carboxylic acids is 1. The zero-order valence-corrected chi connectivity index (χ0v) is 17.3. The molecule has 0 bridgehead atoms. The number of nitriles is 1. The van der Waals surface area contributed by atoms with E-state index in [1.807, 2.05) is 54.1 Å². The van der Waals surface area contributed by atoms with Gasteiger partial charge in [0, 0.05) is 17.5 Å². The van der Waals surface area contributed by atoms with Gasteiger partial charge in [-0.3, -0.25) is 4.79 Å². The molecule has 0 saturated heterocycles. The minimum atomic E-state index is -0.162. The second kappa shape index (κ2) is 8.60. The summed E-state index contributed by atoms with van der Waals surface area (Å²) < 4.78 is 7.15. The van der Waals surface area contributed by atoms with Crippen LogP contribution < -0.4 is 10.1 Å². The minimum Gasteiger partial charge on any atom is -0.479 e. The third-order valence-corrected chi connectivity index (χ3v) is 5.48. The van der Waals surface area contributed by atoms with E-state index < -0.39 is 0 Å². The molecule has 1 fully saturated rings. The van der Waals surface area contributed by atoms with Crippen molar-refractivity contribution in [2.24, 2.45) is 0 Å². The van der Waals surface area contributed by atoms with Crippen molar-refractivity contribution in [3.05, 3.63) is 76.1 Å². The summed E-state index contributed by atoms with van der Waals surface area (Å²) in [6.07, 6.45) is 3.72. The topological polar surface area (TPSA) is 79.9 Å². The number of nitrogens with zero attached hydrogens (tertiary/aromatic N) is 3. The lowest BCUT2D eigenvalue weighted by Crippen LogP contribution is -2.23. The van der Waals surface area contributed by atoms with Crippen LogP contribution in [0, 0.1) is 18.3 Å². The molecule has 6 nitrogen and oxygen atoms in total. The number of hydrogen-bond acceptors (Lipinski definition) is 4. The van der Waals surface area contributed by atoms with Gasteiger partial charge in [0.15, 0.2) is 6.61 Å². The Morgan fingerprint density at radius 1 is 1.33 bits per heavy atom. The molecule has 1 amide bonds. The molecule has 30 heavy (non-hydrogen) atoms. The fraction of sp³-hybridized carbons (Fsp3) is 0.261. The average molecular weight is 421 g/mol. The van der Waals surface area contributed by atoms with Crippen LogP contribution in [0.4, 0.5) is 0 Å². The molecule has 0 aliphatic heterocycles. The smallest absolute Gasteiger partial charge is 0.255 e. The monoisotopic (exact) mass is 420 g/mol. The van der Waals surface area contributed by atoms with Crippen molar-refractivity contribution >= 4 is 17.5 Å². The maximum Gasteiger partial charge on any atom is 0.255 e. The summed E-state index contributed by atoms with van der Waals surface area (Å²) in [5.74, 6) is 0.770. The van der Waals surface area contributed by atoms with Crippen LogP contribution in [-0.4, -0.2) is 22.3 Å². The summed E-state index contributed by atoms with van der Waals surface area (Å²) in [7, 11) is 0. The lowest BCUT2D eigenvalue weighted by Gasteiger charge is -2.11. The summed E-state index contributed by atoms with van der Waals surface area (Å²) in [6.45, 7) is 2.30. The van der Waals surface area contributed by atoms with Crippen LogP contribution in [0.25, 0.3) is 5.69 Å². The molecule has 0 spiro atoms. The number of aryl methyl sites for hydroxylation is 1. The van der Waals surface area contributed by atoms with Gasteiger partial charge in [-0.05, 0) is 55.2 Å². The number of ether oxygens (including phenoxy) is 1. The quantitative estimate of drug-likeness (QED) is 0.608. The Labute approximate surface area is 180 Å². The molecule has 1 aliphatic carbocycles. The highest BCUT2D eigenvalue weighted by atomic mass is 35.5. The molecule has 1 saturated carbocycles. The third kappa shape index (κ3) is 4.32. The molecule has 1 aliphatic rings. The van der Waals surface area contributed by atoms with Gasteiger partial charge < -0.3 is 10.1 Å². The first-order valence-electron chi connectivity index (χ1n) is 9.78. The van der Waals surface area contributed by atoms with E-state index in [4.69, 9.17) is 21.6 Å². The molecule has 2 aromatic carbocycles. The molecule has 1 heterocycles. The van der Waals surface area contributed by atoms with Crippen molar-refractivity contribution in [2.75, 3.05) is 6.61 Å². The summed E-state index contributed by atoms with van der Waals surface area (Å²) in [5.41, 5.74) is 4.27. The number of amides is 1. The number of carbonyl (C=O) groups is 1. The minimum absolute atomic E-state index is 0.0111. The van der Waals surface area contributed by atoms with Gasteiger partial charge in [0.2, 0.25) is 0 Å². The predicted octanol–water partition coefficient (Wildman–Crippen LogP) is 4.54. The van der Waals surface area contributed by atoms with Gasteiger partial charge in [-0.1, -0.05) is 29.8 Å². The Morgan fingerprint density at radius 3 is 2.90 bits per heavy atom. The zero-order chi connectivity index (χ0) is 21.1. The van der Waals surface area contributed by atoms with Gasteiger partial charge in [0.1, 0.15) is 11.8 Å². The van der Waals surface area contributed by atoms with Crippen molar-refractivity contribution < 1.29 is 9.53 Å². The molecular weight excluding hydrogens is 400 g/mol. The number of rotatable bonds is 7. The van der Waals surface area contributed by atoms with Crippen molar-refractivity contribution in [3.63, 3.8) is 0 Å². The summed E-state index contributed by atoms with van der Waals surface area (Å²) in [5, 5.41) is 16.8. The average Bonchev–Trinajstić information content (AvgIpc) is 3.50. The van der Waals surface area contributed by atoms with Crippen LogP contribution in [0.3, 0.4) is 0 Å². The summed E-state index contributed by atoms with van der Waals surface area (Å²) in [6, 6.07) is 15.1. The molecule has 3 aromatic rings. The van der Waals surface area contributed by atoms with Crippen LogP contribution in [0.2, 0.25) is 5.02 Å². The largest absolute Gasteiger partial charge is 0.479 e. The summed E-state index contributed by atoms with van der Waals surface area (Å²) in [4.78, 5) is 12.9. The fourth-order valence-corrected chi connectivity index (χ4v) is 3.51. The lowest BCUT2D eigenvalue weighted by atomic mass is 10.1. The molecule has 0 unspecified atom stereocenters. The number of benzene rings is 2. The van der Waals surface area contributed by atoms with Crippen molar-refractivity contribution in [1.29, 1.82) is 5.26 Å². The van der Waals surface area contributed by atoms with Crippen LogP contribution in [-0.2, 0) is 6.54 Å². The normalized spacial score (nSPS) is 13.0. The van der Waals surface area contributed by atoms with Crippen LogP contribution in [0.15, 0.2) is 48.7 Å². The molecule has 0 radical (unpaired) electrons. The van der Waals surface area contributed by atoms with E-state index in [0.717, 1.165) is 35.3 Å². The van der Waals surface area contributed by atoms with Crippen molar-refractivity contribution in [3.8, 4) is 17.5 Å². The van der Waals surface area contributed by atoms with E-state index in [9.17, 15) is 4.79 Å². The highest BCUT2D eigenvalue weighted by molar-refractivity contribution is 6.31. The SMILES string of the molecule is Cc1ccc(-n2ncc(C(=O)NCc3cccc(OCC#N)c3)c2C2CC2)cc1Cl. The Balaban J connectivity index is 1.53. The third-order valence-electron chi connectivity index (χ3n) is 5.07. The second-order valence-corrected chi connectivity index (χ2v) is 7.75. The highest BCUT2D eigenvalue weighted by Crippen LogP contribution is 2.42. The highest BCUT2D eigenvalue weighted by Gasteiger charge is 2.33. The number of hydrogen-bond donors (Lipinski definition) is 1. The van der Waals surface area contributed by atoms with Gasteiger partial charge in [-0.25, -0.2) is 4.68 Å². The Kier molecular flexibility index (Phi) is 5.73. The number of aromatic nitrogens is 2.